The molecule has 0 aliphatic heterocycles. The number of hydrogen-bond acceptors (Lipinski definition) is 1. The van der Waals surface area contributed by atoms with E-state index in [0.717, 1.165) is 31.4 Å². The summed E-state index contributed by atoms with van der Waals surface area (Å²) in [5.74, 6) is -1.57. The minimum Gasteiger partial charge on any atom is -0.338 e. The highest BCUT2D eigenvalue weighted by Gasteiger charge is 2.10. The van der Waals surface area contributed by atoms with Gasteiger partial charge in [-0.15, -0.1) is 0 Å². The lowest BCUT2D eigenvalue weighted by Crippen LogP contribution is -2.30. The van der Waals surface area contributed by atoms with Crippen LogP contribution in [0.5, 0.6) is 0 Å². The van der Waals surface area contributed by atoms with Gasteiger partial charge in [-0.25, -0.2) is 13.6 Å². The van der Waals surface area contributed by atoms with Gasteiger partial charge in [-0.05, 0) is 18.6 Å². The van der Waals surface area contributed by atoms with Crippen LogP contribution in [0.1, 0.15) is 26.2 Å². The second kappa shape index (κ2) is 6.83. The molecule has 2 N–H and O–H groups in total. The summed E-state index contributed by atoms with van der Waals surface area (Å²) in [4.78, 5) is 11.3. The average molecular weight is 242 g/mol. The van der Waals surface area contributed by atoms with Gasteiger partial charge in [0.05, 0.1) is 0 Å². The van der Waals surface area contributed by atoms with Gasteiger partial charge in [0.2, 0.25) is 0 Å². The Kier molecular flexibility index (Phi) is 5.39. The van der Waals surface area contributed by atoms with Crippen LogP contribution in [0.25, 0.3) is 0 Å². The minimum absolute atomic E-state index is 0.416. The predicted molar refractivity (Wildman–Crippen MR) is 62.9 cm³/mol. The minimum atomic E-state index is -0.784. The number of hydrogen-bond donors (Lipinski definition) is 2. The largest absolute Gasteiger partial charge is 0.338 e. The van der Waals surface area contributed by atoms with Gasteiger partial charge in [0, 0.05) is 6.54 Å². The number of carbonyl (C=O) groups is 1. The highest BCUT2D eigenvalue weighted by Crippen LogP contribution is 2.17. The maximum atomic E-state index is 13.2. The van der Waals surface area contributed by atoms with E-state index in [2.05, 4.69) is 17.6 Å². The van der Waals surface area contributed by atoms with E-state index >= 15 is 0 Å². The molecule has 0 saturated carbocycles. The number of para-hydroxylation sites is 1. The predicted octanol–water partition coefficient (Wildman–Crippen LogP) is 3.28. The fraction of sp³-hybridized carbons (Fsp3) is 0.417. The molecule has 94 valence electrons. The van der Waals surface area contributed by atoms with Crippen LogP contribution in [-0.2, 0) is 0 Å². The number of amides is 2. The van der Waals surface area contributed by atoms with Crippen LogP contribution in [0, 0.1) is 11.6 Å². The third-order valence-corrected chi connectivity index (χ3v) is 2.27. The topological polar surface area (TPSA) is 41.1 Å². The van der Waals surface area contributed by atoms with Crippen LogP contribution in [0.15, 0.2) is 18.2 Å². The maximum Gasteiger partial charge on any atom is 0.319 e. The van der Waals surface area contributed by atoms with Gasteiger partial charge in [0.15, 0.2) is 0 Å². The summed E-state index contributed by atoms with van der Waals surface area (Å²) in [6.07, 6.45) is 2.91. The molecule has 0 atom stereocenters. The van der Waals surface area contributed by atoms with Crippen LogP contribution in [0.4, 0.5) is 19.3 Å². The number of rotatable bonds is 5. The Morgan fingerprint density at radius 1 is 1.24 bits per heavy atom. The third-order valence-electron chi connectivity index (χ3n) is 2.27. The Morgan fingerprint density at radius 3 is 2.47 bits per heavy atom. The van der Waals surface area contributed by atoms with E-state index in [0.29, 0.717) is 6.54 Å². The number of urea groups is 1. The van der Waals surface area contributed by atoms with Crippen molar-refractivity contribution in [1.82, 2.24) is 5.32 Å². The zero-order valence-corrected chi connectivity index (χ0v) is 9.72. The summed E-state index contributed by atoms with van der Waals surface area (Å²) in [6.45, 7) is 2.55. The fourth-order valence-corrected chi connectivity index (χ4v) is 1.35. The third kappa shape index (κ3) is 4.38. The molecule has 0 spiro atoms. The van der Waals surface area contributed by atoms with Crippen LogP contribution < -0.4 is 10.6 Å². The van der Waals surface area contributed by atoms with Crippen molar-refractivity contribution >= 4 is 11.7 Å². The Labute approximate surface area is 99.2 Å². The van der Waals surface area contributed by atoms with Crippen molar-refractivity contribution in [3.8, 4) is 0 Å². The van der Waals surface area contributed by atoms with Crippen molar-refractivity contribution in [3.05, 3.63) is 29.8 Å². The molecule has 0 heterocycles. The summed E-state index contributed by atoms with van der Waals surface area (Å²) in [7, 11) is 0. The number of nitrogens with one attached hydrogen (secondary N) is 2. The highest BCUT2D eigenvalue weighted by molar-refractivity contribution is 5.89. The summed E-state index contributed by atoms with van der Waals surface area (Å²) >= 11 is 0. The molecule has 0 aliphatic carbocycles. The molecular formula is C12H16F2N2O. The summed E-state index contributed by atoms with van der Waals surface area (Å²) in [5.41, 5.74) is -0.416. The molecular weight excluding hydrogens is 226 g/mol. The first-order valence-electron chi connectivity index (χ1n) is 5.64. The van der Waals surface area contributed by atoms with Gasteiger partial charge in [-0.2, -0.15) is 0 Å². The summed E-state index contributed by atoms with van der Waals surface area (Å²) in [6, 6.07) is 2.84. The van der Waals surface area contributed by atoms with Crippen LogP contribution in [0.3, 0.4) is 0 Å². The molecule has 1 rings (SSSR count). The molecule has 0 bridgehead atoms. The number of benzene rings is 1. The van der Waals surface area contributed by atoms with Gasteiger partial charge < -0.3 is 10.6 Å². The quantitative estimate of drug-likeness (QED) is 0.764. The number of halogens is 2. The number of anilines is 1. The normalized spacial score (nSPS) is 10.1. The van der Waals surface area contributed by atoms with E-state index in [4.69, 9.17) is 0 Å². The van der Waals surface area contributed by atoms with Crippen LogP contribution >= 0.6 is 0 Å². The lowest BCUT2D eigenvalue weighted by molar-refractivity contribution is 0.251. The SMILES string of the molecule is CCCCCNC(=O)Nc1c(F)cccc1F. The molecule has 17 heavy (non-hydrogen) atoms. The molecule has 0 aliphatic rings. The van der Waals surface area contributed by atoms with Gasteiger partial charge in [0.1, 0.15) is 17.3 Å². The van der Waals surface area contributed by atoms with E-state index in [1.54, 1.807) is 0 Å². The van der Waals surface area contributed by atoms with Crippen molar-refractivity contribution in [2.45, 2.75) is 26.2 Å². The van der Waals surface area contributed by atoms with Gasteiger partial charge in [0.25, 0.3) is 0 Å². The zero-order chi connectivity index (χ0) is 12.7. The Morgan fingerprint density at radius 2 is 1.88 bits per heavy atom. The first-order chi connectivity index (χ1) is 8.15. The van der Waals surface area contributed by atoms with Crippen molar-refractivity contribution in [1.29, 1.82) is 0 Å². The zero-order valence-electron chi connectivity index (χ0n) is 9.72. The molecule has 0 aromatic heterocycles. The Hall–Kier alpha value is -1.65. The first kappa shape index (κ1) is 13.4. The lowest BCUT2D eigenvalue weighted by atomic mass is 10.2. The van der Waals surface area contributed by atoms with Crippen molar-refractivity contribution in [2.24, 2.45) is 0 Å². The van der Waals surface area contributed by atoms with E-state index in [1.807, 2.05) is 0 Å². The second-order valence-electron chi connectivity index (χ2n) is 3.68. The highest BCUT2D eigenvalue weighted by atomic mass is 19.1. The molecule has 3 nitrogen and oxygen atoms in total. The lowest BCUT2D eigenvalue weighted by Gasteiger charge is -2.08. The summed E-state index contributed by atoms with van der Waals surface area (Å²) in [5, 5.41) is 4.69. The van der Waals surface area contributed by atoms with Gasteiger partial charge >= 0.3 is 6.03 Å². The molecule has 5 heteroatoms. The molecule has 1 aromatic carbocycles. The molecule has 0 saturated heterocycles. The monoisotopic (exact) mass is 242 g/mol. The van der Waals surface area contributed by atoms with Gasteiger partial charge in [-0.3, -0.25) is 0 Å². The van der Waals surface area contributed by atoms with Crippen LogP contribution in [-0.4, -0.2) is 12.6 Å². The standard InChI is InChI=1S/C12H16F2N2O/c1-2-3-4-8-15-12(17)16-11-9(13)6-5-7-10(11)14/h5-7H,2-4,8H2,1H3,(H2,15,16,17). The van der Waals surface area contributed by atoms with Crippen molar-refractivity contribution < 1.29 is 13.6 Å². The average Bonchev–Trinajstić information content (AvgIpc) is 2.30. The molecule has 0 unspecified atom stereocenters. The van der Waals surface area contributed by atoms with Crippen molar-refractivity contribution in [3.63, 3.8) is 0 Å². The molecule has 0 fully saturated rings. The Bertz CT molecular complexity index is 363. The fourth-order valence-electron chi connectivity index (χ4n) is 1.35. The second-order valence-corrected chi connectivity index (χ2v) is 3.68. The summed E-state index contributed by atoms with van der Waals surface area (Å²) < 4.78 is 26.3. The van der Waals surface area contributed by atoms with Crippen LogP contribution in [0.2, 0.25) is 0 Å². The van der Waals surface area contributed by atoms with E-state index in [9.17, 15) is 13.6 Å². The van der Waals surface area contributed by atoms with E-state index in [1.165, 1.54) is 6.07 Å². The molecule has 0 radical (unpaired) electrons. The first-order valence-corrected chi connectivity index (χ1v) is 5.64. The smallest absolute Gasteiger partial charge is 0.319 e. The number of carbonyl (C=O) groups excluding carboxylic acids is 1. The van der Waals surface area contributed by atoms with E-state index < -0.39 is 23.4 Å². The van der Waals surface area contributed by atoms with E-state index in [-0.39, 0.29) is 0 Å². The van der Waals surface area contributed by atoms with Gasteiger partial charge in [-0.1, -0.05) is 25.8 Å². The molecule has 2 amide bonds. The Balaban J connectivity index is 2.45. The van der Waals surface area contributed by atoms with Crippen molar-refractivity contribution in [2.75, 3.05) is 11.9 Å². The number of unbranched alkanes of at least 4 members (excludes halogenated alkanes) is 2. The molecule has 1 aromatic rings. The maximum absolute atomic E-state index is 13.2.